The Morgan fingerprint density at radius 1 is 1.19 bits per heavy atom. The Kier molecular flexibility index (Phi) is 3.65. The first-order valence-corrected chi connectivity index (χ1v) is 6.47. The van der Waals surface area contributed by atoms with Crippen LogP contribution in [-0.4, -0.2) is 6.54 Å². The minimum atomic E-state index is 0.474. The number of hydrogen-bond acceptors (Lipinski definition) is 1. The Hall–Kier alpha value is -0.820. The molecule has 1 fully saturated rings. The molecule has 2 rings (SSSR count). The number of rotatable bonds is 5. The van der Waals surface area contributed by atoms with Gasteiger partial charge < -0.3 is 5.32 Å². The highest BCUT2D eigenvalue weighted by atomic mass is 14.9. The zero-order valence-corrected chi connectivity index (χ0v) is 10.7. The standard InChI is InChI=1S/C15H23N/c1-11-4-6-15(7-5-11)13(3)16-10-12(2)14-8-9-14/h4-7,12-14,16H,8-10H2,1-3H3. The fourth-order valence-electron chi connectivity index (χ4n) is 2.17. The molecule has 1 heteroatoms. The smallest absolute Gasteiger partial charge is 0.0291 e. The van der Waals surface area contributed by atoms with Crippen LogP contribution in [0.1, 0.15) is 43.9 Å². The Morgan fingerprint density at radius 3 is 2.38 bits per heavy atom. The molecule has 2 unspecified atom stereocenters. The van der Waals surface area contributed by atoms with Crippen LogP contribution in [0, 0.1) is 18.8 Å². The van der Waals surface area contributed by atoms with Gasteiger partial charge in [0, 0.05) is 6.04 Å². The second-order valence-electron chi connectivity index (χ2n) is 5.36. The molecule has 0 saturated heterocycles. The van der Waals surface area contributed by atoms with Crippen molar-refractivity contribution in [2.75, 3.05) is 6.54 Å². The molecule has 88 valence electrons. The van der Waals surface area contributed by atoms with Gasteiger partial charge in [-0.05, 0) is 50.6 Å². The lowest BCUT2D eigenvalue weighted by atomic mass is 10.0. The van der Waals surface area contributed by atoms with Gasteiger partial charge in [0.1, 0.15) is 0 Å². The molecule has 1 N–H and O–H groups in total. The van der Waals surface area contributed by atoms with E-state index in [4.69, 9.17) is 0 Å². The van der Waals surface area contributed by atoms with E-state index >= 15 is 0 Å². The van der Waals surface area contributed by atoms with Crippen molar-refractivity contribution in [2.45, 2.75) is 39.7 Å². The van der Waals surface area contributed by atoms with Gasteiger partial charge in [0.25, 0.3) is 0 Å². The van der Waals surface area contributed by atoms with Crippen LogP contribution in [0.15, 0.2) is 24.3 Å². The Morgan fingerprint density at radius 2 is 1.81 bits per heavy atom. The van der Waals surface area contributed by atoms with Crippen molar-refractivity contribution in [3.63, 3.8) is 0 Å². The summed E-state index contributed by atoms with van der Waals surface area (Å²) in [5, 5.41) is 3.64. The molecule has 1 aliphatic carbocycles. The van der Waals surface area contributed by atoms with Crippen molar-refractivity contribution < 1.29 is 0 Å². The first-order chi connectivity index (χ1) is 7.66. The molecule has 0 amide bonds. The molecule has 0 radical (unpaired) electrons. The highest BCUT2D eigenvalue weighted by molar-refractivity contribution is 5.23. The van der Waals surface area contributed by atoms with E-state index in [1.165, 1.54) is 24.0 Å². The van der Waals surface area contributed by atoms with Crippen LogP contribution in [0.2, 0.25) is 0 Å². The van der Waals surface area contributed by atoms with Crippen LogP contribution in [0.4, 0.5) is 0 Å². The fraction of sp³-hybridized carbons (Fsp3) is 0.600. The monoisotopic (exact) mass is 217 g/mol. The van der Waals surface area contributed by atoms with Crippen LogP contribution >= 0.6 is 0 Å². The lowest BCUT2D eigenvalue weighted by molar-refractivity contribution is 0.432. The highest BCUT2D eigenvalue weighted by Crippen LogP contribution is 2.36. The average molecular weight is 217 g/mol. The lowest BCUT2D eigenvalue weighted by Crippen LogP contribution is -2.25. The van der Waals surface area contributed by atoms with Crippen LogP contribution in [0.5, 0.6) is 0 Å². The first-order valence-electron chi connectivity index (χ1n) is 6.47. The summed E-state index contributed by atoms with van der Waals surface area (Å²) in [5.74, 6) is 1.84. The van der Waals surface area contributed by atoms with Crippen molar-refractivity contribution in [3.05, 3.63) is 35.4 Å². The van der Waals surface area contributed by atoms with Gasteiger partial charge in [-0.2, -0.15) is 0 Å². The van der Waals surface area contributed by atoms with E-state index in [1.54, 1.807) is 0 Å². The number of nitrogens with one attached hydrogen (secondary N) is 1. The van der Waals surface area contributed by atoms with E-state index < -0.39 is 0 Å². The summed E-state index contributed by atoms with van der Waals surface area (Å²) in [6, 6.07) is 9.32. The summed E-state index contributed by atoms with van der Waals surface area (Å²) in [6.07, 6.45) is 2.89. The van der Waals surface area contributed by atoms with Crippen LogP contribution in [0.3, 0.4) is 0 Å². The van der Waals surface area contributed by atoms with E-state index in [0.29, 0.717) is 6.04 Å². The van der Waals surface area contributed by atoms with Crippen molar-refractivity contribution >= 4 is 0 Å². The quantitative estimate of drug-likeness (QED) is 0.793. The summed E-state index contributed by atoms with van der Waals surface area (Å²) in [5.41, 5.74) is 2.73. The molecular weight excluding hydrogens is 194 g/mol. The molecule has 0 spiro atoms. The Balaban J connectivity index is 1.82. The second-order valence-corrected chi connectivity index (χ2v) is 5.36. The summed E-state index contributed by atoms with van der Waals surface area (Å²) in [4.78, 5) is 0. The van der Waals surface area contributed by atoms with E-state index in [2.05, 4.69) is 50.4 Å². The largest absolute Gasteiger partial charge is 0.310 e. The van der Waals surface area contributed by atoms with Crippen molar-refractivity contribution in [1.82, 2.24) is 5.32 Å². The predicted octanol–water partition coefficient (Wildman–Crippen LogP) is 3.69. The third kappa shape index (κ3) is 3.08. The molecule has 1 aromatic rings. The summed E-state index contributed by atoms with van der Waals surface area (Å²) in [7, 11) is 0. The first kappa shape index (κ1) is 11.7. The molecule has 1 saturated carbocycles. The molecule has 1 aromatic carbocycles. The normalized spacial score (nSPS) is 19.4. The molecule has 0 bridgehead atoms. The molecule has 16 heavy (non-hydrogen) atoms. The Labute approximate surface area is 99.3 Å². The number of hydrogen-bond donors (Lipinski definition) is 1. The van der Waals surface area contributed by atoms with Gasteiger partial charge in [-0.1, -0.05) is 36.8 Å². The SMILES string of the molecule is Cc1ccc(C(C)NCC(C)C2CC2)cc1. The van der Waals surface area contributed by atoms with Gasteiger partial charge in [0.2, 0.25) is 0 Å². The van der Waals surface area contributed by atoms with Gasteiger partial charge in [-0.3, -0.25) is 0 Å². The molecule has 1 nitrogen and oxygen atoms in total. The van der Waals surface area contributed by atoms with E-state index in [-0.39, 0.29) is 0 Å². The maximum Gasteiger partial charge on any atom is 0.0291 e. The third-order valence-corrected chi connectivity index (χ3v) is 3.75. The van der Waals surface area contributed by atoms with Gasteiger partial charge in [0.15, 0.2) is 0 Å². The van der Waals surface area contributed by atoms with E-state index in [1.807, 2.05) is 0 Å². The van der Waals surface area contributed by atoms with Gasteiger partial charge in [-0.25, -0.2) is 0 Å². The maximum absolute atomic E-state index is 3.64. The summed E-state index contributed by atoms with van der Waals surface area (Å²) in [6.45, 7) is 7.91. The van der Waals surface area contributed by atoms with Crippen LogP contribution in [-0.2, 0) is 0 Å². The summed E-state index contributed by atoms with van der Waals surface area (Å²) >= 11 is 0. The van der Waals surface area contributed by atoms with Crippen molar-refractivity contribution in [3.8, 4) is 0 Å². The predicted molar refractivity (Wildman–Crippen MR) is 69.5 cm³/mol. The van der Waals surface area contributed by atoms with Gasteiger partial charge in [-0.15, -0.1) is 0 Å². The van der Waals surface area contributed by atoms with Crippen molar-refractivity contribution in [2.24, 2.45) is 11.8 Å². The number of aryl methyl sites for hydroxylation is 1. The van der Waals surface area contributed by atoms with Gasteiger partial charge in [0.05, 0.1) is 0 Å². The fourth-order valence-corrected chi connectivity index (χ4v) is 2.17. The topological polar surface area (TPSA) is 12.0 Å². The summed E-state index contributed by atoms with van der Waals surface area (Å²) < 4.78 is 0. The molecule has 2 atom stereocenters. The van der Waals surface area contributed by atoms with Gasteiger partial charge >= 0.3 is 0 Å². The van der Waals surface area contributed by atoms with Crippen molar-refractivity contribution in [1.29, 1.82) is 0 Å². The maximum atomic E-state index is 3.64. The molecule has 0 heterocycles. The minimum absolute atomic E-state index is 0.474. The zero-order chi connectivity index (χ0) is 11.5. The Bertz CT molecular complexity index is 324. The molecule has 1 aliphatic rings. The molecular formula is C15H23N. The highest BCUT2D eigenvalue weighted by Gasteiger charge is 2.27. The minimum Gasteiger partial charge on any atom is -0.310 e. The molecule has 0 aliphatic heterocycles. The molecule has 0 aromatic heterocycles. The average Bonchev–Trinajstić information content (AvgIpc) is 3.10. The number of benzene rings is 1. The van der Waals surface area contributed by atoms with E-state index in [9.17, 15) is 0 Å². The van der Waals surface area contributed by atoms with Crippen LogP contribution < -0.4 is 5.32 Å². The second kappa shape index (κ2) is 5.01. The third-order valence-electron chi connectivity index (χ3n) is 3.75. The zero-order valence-electron chi connectivity index (χ0n) is 10.7. The lowest BCUT2D eigenvalue weighted by Gasteiger charge is -2.18. The van der Waals surface area contributed by atoms with E-state index in [0.717, 1.165) is 18.4 Å². The van der Waals surface area contributed by atoms with Crippen LogP contribution in [0.25, 0.3) is 0 Å².